The van der Waals surface area contributed by atoms with E-state index in [0.717, 1.165) is 12.3 Å². The average Bonchev–Trinajstić information content (AvgIpc) is 2.11. The fourth-order valence-corrected chi connectivity index (χ4v) is 1.50. The van der Waals surface area contributed by atoms with Crippen molar-refractivity contribution in [3.63, 3.8) is 0 Å². The first-order chi connectivity index (χ1) is 5.63. The maximum absolute atomic E-state index is 4.10. The number of unbranched alkanes of at least 4 members (excludes halogenated alkanes) is 1. The van der Waals surface area contributed by atoms with Gasteiger partial charge >= 0.3 is 0 Å². The SMILES string of the molecule is C=C(CC)C(C)C(C)CCCC. The fourth-order valence-electron chi connectivity index (χ4n) is 1.50. The Morgan fingerprint density at radius 1 is 1.25 bits per heavy atom. The van der Waals surface area contributed by atoms with Crippen LogP contribution in [0.5, 0.6) is 0 Å². The summed E-state index contributed by atoms with van der Waals surface area (Å²) in [4.78, 5) is 0. The first-order valence-electron chi connectivity index (χ1n) is 5.31. The van der Waals surface area contributed by atoms with E-state index in [0.29, 0.717) is 5.92 Å². The van der Waals surface area contributed by atoms with Gasteiger partial charge in [-0.15, -0.1) is 0 Å². The van der Waals surface area contributed by atoms with Crippen molar-refractivity contribution in [2.45, 2.75) is 53.4 Å². The van der Waals surface area contributed by atoms with Gasteiger partial charge in [-0.05, 0) is 18.3 Å². The molecule has 0 aromatic heterocycles. The minimum Gasteiger partial charge on any atom is -0.0996 e. The Morgan fingerprint density at radius 2 is 1.83 bits per heavy atom. The summed E-state index contributed by atoms with van der Waals surface area (Å²) in [5.41, 5.74) is 1.42. The Labute approximate surface area is 78.1 Å². The molecule has 0 spiro atoms. The van der Waals surface area contributed by atoms with E-state index >= 15 is 0 Å². The number of hydrogen-bond donors (Lipinski definition) is 0. The highest BCUT2D eigenvalue weighted by atomic mass is 14.2. The van der Waals surface area contributed by atoms with Gasteiger partial charge in [0.25, 0.3) is 0 Å². The lowest BCUT2D eigenvalue weighted by Gasteiger charge is -2.21. The third kappa shape index (κ3) is 3.94. The van der Waals surface area contributed by atoms with Crippen molar-refractivity contribution in [3.05, 3.63) is 12.2 Å². The van der Waals surface area contributed by atoms with Crippen LogP contribution in [0, 0.1) is 11.8 Å². The predicted octanol–water partition coefficient (Wildman–Crippen LogP) is 4.42. The zero-order chi connectivity index (χ0) is 9.56. The van der Waals surface area contributed by atoms with Crippen molar-refractivity contribution in [3.8, 4) is 0 Å². The van der Waals surface area contributed by atoms with Crippen LogP contribution in [0.25, 0.3) is 0 Å². The standard InChI is InChI=1S/C12H24/c1-6-8-9-11(4)12(5)10(3)7-2/h11-12H,3,6-9H2,1-2,4-5H3. The summed E-state index contributed by atoms with van der Waals surface area (Å²) < 4.78 is 0. The van der Waals surface area contributed by atoms with Gasteiger partial charge in [0.2, 0.25) is 0 Å². The van der Waals surface area contributed by atoms with Crippen LogP contribution in [0.1, 0.15) is 53.4 Å². The predicted molar refractivity (Wildman–Crippen MR) is 57.3 cm³/mol. The molecule has 0 saturated heterocycles. The summed E-state index contributed by atoms with van der Waals surface area (Å²) in [5.74, 6) is 1.53. The van der Waals surface area contributed by atoms with E-state index in [-0.39, 0.29) is 0 Å². The van der Waals surface area contributed by atoms with Crippen LogP contribution in [0.15, 0.2) is 12.2 Å². The molecule has 0 rings (SSSR count). The van der Waals surface area contributed by atoms with Gasteiger partial charge in [-0.3, -0.25) is 0 Å². The molecule has 0 N–H and O–H groups in total. The largest absolute Gasteiger partial charge is 0.0996 e. The smallest absolute Gasteiger partial charge is 0.0209 e. The highest BCUT2D eigenvalue weighted by Gasteiger charge is 2.12. The van der Waals surface area contributed by atoms with Crippen LogP contribution in [0.4, 0.5) is 0 Å². The van der Waals surface area contributed by atoms with Crippen LogP contribution in [-0.2, 0) is 0 Å². The second-order valence-electron chi connectivity index (χ2n) is 3.92. The number of hydrogen-bond acceptors (Lipinski definition) is 0. The molecule has 0 radical (unpaired) electrons. The van der Waals surface area contributed by atoms with Gasteiger partial charge in [0.15, 0.2) is 0 Å². The maximum atomic E-state index is 4.10. The lowest BCUT2D eigenvalue weighted by atomic mass is 9.85. The summed E-state index contributed by atoms with van der Waals surface area (Å²) in [6, 6.07) is 0. The summed E-state index contributed by atoms with van der Waals surface area (Å²) in [5, 5.41) is 0. The zero-order valence-electron chi connectivity index (χ0n) is 9.19. The van der Waals surface area contributed by atoms with Crippen LogP contribution >= 0.6 is 0 Å². The van der Waals surface area contributed by atoms with Crippen LogP contribution in [0.3, 0.4) is 0 Å². The molecular weight excluding hydrogens is 144 g/mol. The second-order valence-corrected chi connectivity index (χ2v) is 3.92. The molecule has 0 bridgehead atoms. The van der Waals surface area contributed by atoms with Crippen LogP contribution < -0.4 is 0 Å². The quantitative estimate of drug-likeness (QED) is 0.515. The van der Waals surface area contributed by atoms with Crippen molar-refractivity contribution < 1.29 is 0 Å². The average molecular weight is 168 g/mol. The van der Waals surface area contributed by atoms with Crippen molar-refractivity contribution in [1.82, 2.24) is 0 Å². The van der Waals surface area contributed by atoms with Crippen molar-refractivity contribution >= 4 is 0 Å². The monoisotopic (exact) mass is 168 g/mol. The molecule has 0 aliphatic carbocycles. The number of rotatable bonds is 6. The Bertz CT molecular complexity index is 124. The molecule has 2 atom stereocenters. The minimum atomic E-state index is 0.710. The van der Waals surface area contributed by atoms with Gasteiger partial charge in [-0.25, -0.2) is 0 Å². The van der Waals surface area contributed by atoms with Gasteiger partial charge in [-0.1, -0.05) is 59.1 Å². The van der Waals surface area contributed by atoms with E-state index in [1.807, 2.05) is 0 Å². The van der Waals surface area contributed by atoms with Crippen LogP contribution in [-0.4, -0.2) is 0 Å². The minimum absolute atomic E-state index is 0.710. The first kappa shape index (κ1) is 11.7. The lowest BCUT2D eigenvalue weighted by molar-refractivity contribution is 0.393. The van der Waals surface area contributed by atoms with Gasteiger partial charge in [0.1, 0.15) is 0 Å². The highest BCUT2D eigenvalue weighted by molar-refractivity contribution is 4.99. The third-order valence-electron chi connectivity index (χ3n) is 2.96. The third-order valence-corrected chi connectivity index (χ3v) is 2.96. The molecule has 0 heteroatoms. The summed E-state index contributed by atoms with van der Waals surface area (Å²) in [7, 11) is 0. The molecule has 0 aromatic carbocycles. The molecule has 0 nitrogen and oxygen atoms in total. The Hall–Kier alpha value is -0.260. The van der Waals surface area contributed by atoms with Gasteiger partial charge in [0.05, 0.1) is 0 Å². The van der Waals surface area contributed by atoms with Gasteiger partial charge in [0, 0.05) is 0 Å². The van der Waals surface area contributed by atoms with E-state index in [9.17, 15) is 0 Å². The zero-order valence-corrected chi connectivity index (χ0v) is 9.19. The molecule has 2 unspecified atom stereocenters. The maximum Gasteiger partial charge on any atom is -0.0209 e. The fraction of sp³-hybridized carbons (Fsp3) is 0.833. The van der Waals surface area contributed by atoms with Crippen molar-refractivity contribution in [2.75, 3.05) is 0 Å². The summed E-state index contributed by atoms with van der Waals surface area (Å²) in [6.07, 6.45) is 5.17. The van der Waals surface area contributed by atoms with E-state index in [4.69, 9.17) is 0 Å². The van der Waals surface area contributed by atoms with Gasteiger partial charge < -0.3 is 0 Å². The molecule has 0 fully saturated rings. The second kappa shape index (κ2) is 6.28. The van der Waals surface area contributed by atoms with E-state index in [2.05, 4.69) is 34.3 Å². The Morgan fingerprint density at radius 3 is 2.25 bits per heavy atom. The molecule has 0 amide bonds. The molecule has 72 valence electrons. The molecule has 0 saturated carbocycles. The van der Waals surface area contributed by atoms with Crippen LogP contribution in [0.2, 0.25) is 0 Å². The summed E-state index contributed by atoms with van der Waals surface area (Å²) >= 11 is 0. The topological polar surface area (TPSA) is 0 Å². The summed E-state index contributed by atoms with van der Waals surface area (Å²) in [6.45, 7) is 13.2. The Kier molecular flexibility index (Phi) is 6.14. The van der Waals surface area contributed by atoms with Gasteiger partial charge in [-0.2, -0.15) is 0 Å². The molecular formula is C12H24. The normalized spacial score (nSPS) is 15.7. The highest BCUT2D eigenvalue weighted by Crippen LogP contribution is 2.25. The van der Waals surface area contributed by atoms with Crippen molar-refractivity contribution in [1.29, 1.82) is 0 Å². The molecule has 0 heterocycles. The molecule has 0 aliphatic rings. The van der Waals surface area contributed by atoms with E-state index in [1.54, 1.807) is 0 Å². The molecule has 0 aliphatic heterocycles. The lowest BCUT2D eigenvalue weighted by Crippen LogP contribution is -2.09. The van der Waals surface area contributed by atoms with E-state index in [1.165, 1.54) is 24.8 Å². The molecule has 12 heavy (non-hydrogen) atoms. The van der Waals surface area contributed by atoms with E-state index < -0.39 is 0 Å². The number of allylic oxidation sites excluding steroid dienone is 1. The first-order valence-corrected chi connectivity index (χ1v) is 5.31. The van der Waals surface area contributed by atoms with Crippen molar-refractivity contribution in [2.24, 2.45) is 11.8 Å². The Balaban J connectivity index is 3.75. The molecule has 0 aromatic rings.